The molecule has 0 fully saturated rings. The number of carbonyl (C=O) groups excluding carboxylic acids is 1. The van der Waals surface area contributed by atoms with E-state index in [1.165, 1.54) is 6.92 Å². The van der Waals surface area contributed by atoms with Gasteiger partial charge in [0.1, 0.15) is 6.04 Å². The Morgan fingerprint density at radius 1 is 1.37 bits per heavy atom. The Morgan fingerprint density at radius 3 is 2.42 bits per heavy atom. The van der Waals surface area contributed by atoms with Gasteiger partial charge in [-0.2, -0.15) is 8.78 Å². The summed E-state index contributed by atoms with van der Waals surface area (Å²) in [5.41, 5.74) is 4.79. The first kappa shape index (κ1) is 17.7. The van der Waals surface area contributed by atoms with E-state index in [1.807, 2.05) is 0 Å². The van der Waals surface area contributed by atoms with Gasteiger partial charge >= 0.3 is 11.9 Å². The average molecular weight is 302 g/mol. The Kier molecular flexibility index (Phi) is 6.24. The highest BCUT2D eigenvalue weighted by Crippen LogP contribution is 2.31. The zero-order valence-corrected chi connectivity index (χ0v) is 10.6. The Hall–Kier alpha value is -1.34. The van der Waals surface area contributed by atoms with Crippen LogP contribution >= 0.6 is 12.4 Å². The lowest BCUT2D eigenvalue weighted by Crippen LogP contribution is -2.41. The topological polar surface area (TPSA) is 52.3 Å². The van der Waals surface area contributed by atoms with Crippen molar-refractivity contribution < 1.29 is 27.1 Å². The van der Waals surface area contributed by atoms with Crippen LogP contribution < -0.4 is 5.73 Å². The molecule has 0 unspecified atom stereocenters. The Bertz CT molecular complexity index is 456. The number of hydrogen-bond donors (Lipinski definition) is 1. The van der Waals surface area contributed by atoms with E-state index in [0.29, 0.717) is 12.1 Å². The predicted molar refractivity (Wildman–Crippen MR) is 62.1 cm³/mol. The number of halogens is 5. The summed E-state index contributed by atoms with van der Waals surface area (Å²) in [4.78, 5) is 11.0. The summed E-state index contributed by atoms with van der Waals surface area (Å²) in [5.74, 6) is -8.32. The number of benzene rings is 1. The molecule has 0 aliphatic rings. The average Bonchev–Trinajstić information content (AvgIpc) is 2.32. The molecule has 0 aliphatic carbocycles. The molecule has 1 aromatic carbocycles. The van der Waals surface area contributed by atoms with Crippen LogP contribution in [0.4, 0.5) is 17.6 Å². The smallest absolute Gasteiger partial charge is 0.379 e. The Morgan fingerprint density at radius 2 is 1.95 bits per heavy atom. The van der Waals surface area contributed by atoms with E-state index in [-0.39, 0.29) is 19.0 Å². The van der Waals surface area contributed by atoms with Crippen molar-refractivity contribution >= 4 is 18.4 Å². The summed E-state index contributed by atoms with van der Waals surface area (Å²) < 4.78 is 56.7. The minimum atomic E-state index is -4.01. The number of esters is 1. The number of rotatable bonds is 4. The van der Waals surface area contributed by atoms with Gasteiger partial charge in [0.15, 0.2) is 11.6 Å². The number of ether oxygens (including phenoxy) is 1. The molecule has 0 aromatic heterocycles. The van der Waals surface area contributed by atoms with Gasteiger partial charge in [0.25, 0.3) is 0 Å². The highest BCUT2D eigenvalue weighted by atomic mass is 35.5. The summed E-state index contributed by atoms with van der Waals surface area (Å²) >= 11 is 0. The summed E-state index contributed by atoms with van der Waals surface area (Å²) in [6.45, 7) is 1.12. The lowest BCUT2D eigenvalue weighted by Gasteiger charge is -2.21. The highest BCUT2D eigenvalue weighted by molar-refractivity contribution is 5.85. The lowest BCUT2D eigenvalue weighted by atomic mass is 10.0. The molecule has 0 saturated carbocycles. The Labute approximate surface area is 113 Å². The molecule has 1 atom stereocenters. The second kappa shape index (κ2) is 6.72. The van der Waals surface area contributed by atoms with Gasteiger partial charge in [-0.25, -0.2) is 13.6 Å². The van der Waals surface area contributed by atoms with E-state index in [2.05, 4.69) is 4.74 Å². The van der Waals surface area contributed by atoms with Gasteiger partial charge in [-0.05, 0) is 24.6 Å². The third-order valence-corrected chi connectivity index (χ3v) is 2.24. The molecule has 0 spiro atoms. The zero-order valence-electron chi connectivity index (χ0n) is 9.83. The summed E-state index contributed by atoms with van der Waals surface area (Å²) in [6, 6.07) is -0.0404. The van der Waals surface area contributed by atoms with Crippen molar-refractivity contribution in [3.63, 3.8) is 0 Å². The van der Waals surface area contributed by atoms with Crippen LogP contribution in [0.25, 0.3) is 0 Å². The first-order valence-corrected chi connectivity index (χ1v) is 5.06. The van der Waals surface area contributed by atoms with E-state index in [0.717, 1.165) is 6.07 Å². The fourth-order valence-electron chi connectivity index (χ4n) is 1.27. The number of nitrogens with two attached hydrogens (primary N) is 1. The van der Waals surface area contributed by atoms with Crippen molar-refractivity contribution in [1.29, 1.82) is 0 Å². The van der Waals surface area contributed by atoms with Crippen molar-refractivity contribution in [2.75, 3.05) is 6.61 Å². The molecule has 0 aliphatic heterocycles. The van der Waals surface area contributed by atoms with Gasteiger partial charge in [-0.15, -0.1) is 12.4 Å². The molecule has 3 nitrogen and oxygen atoms in total. The van der Waals surface area contributed by atoms with Crippen molar-refractivity contribution in [3.05, 3.63) is 35.4 Å². The van der Waals surface area contributed by atoms with Gasteiger partial charge in [0.2, 0.25) is 0 Å². The molecule has 0 radical (unpaired) electrons. The molecule has 0 amide bonds. The van der Waals surface area contributed by atoms with Crippen molar-refractivity contribution in [3.8, 4) is 0 Å². The van der Waals surface area contributed by atoms with E-state index >= 15 is 0 Å². The minimum absolute atomic E-state index is 0. The fraction of sp³-hybridized carbons (Fsp3) is 0.364. The van der Waals surface area contributed by atoms with Crippen LogP contribution in [0, 0.1) is 11.6 Å². The normalized spacial score (nSPS) is 12.5. The van der Waals surface area contributed by atoms with E-state index < -0.39 is 35.1 Å². The predicted octanol–water partition coefficient (Wildman–Crippen LogP) is 2.58. The molecule has 108 valence electrons. The van der Waals surface area contributed by atoms with Crippen LogP contribution in [-0.2, 0) is 9.53 Å². The van der Waals surface area contributed by atoms with Gasteiger partial charge < -0.3 is 10.5 Å². The first-order chi connectivity index (χ1) is 8.30. The molecule has 1 aromatic rings. The lowest BCUT2D eigenvalue weighted by molar-refractivity contribution is -0.174. The monoisotopic (exact) mass is 301 g/mol. The van der Waals surface area contributed by atoms with E-state index in [9.17, 15) is 22.4 Å². The van der Waals surface area contributed by atoms with Crippen molar-refractivity contribution in [1.82, 2.24) is 0 Å². The second-order valence-electron chi connectivity index (χ2n) is 3.49. The SMILES string of the molecule is CCOC(=O)C(F)(F)[C@H](N)c1ccc(F)c(F)c1.Cl. The molecular weight excluding hydrogens is 290 g/mol. The standard InChI is InChI=1S/C11H11F4NO2.ClH/c1-2-18-10(17)11(14,15)9(16)6-3-4-7(12)8(13)5-6;/h3-5,9H,2,16H2,1H3;1H/t9-;/m1./s1. The molecule has 0 saturated heterocycles. The molecule has 19 heavy (non-hydrogen) atoms. The third-order valence-electron chi connectivity index (χ3n) is 2.24. The van der Waals surface area contributed by atoms with Gasteiger partial charge in [0.05, 0.1) is 6.61 Å². The van der Waals surface area contributed by atoms with Crippen LogP contribution in [0.5, 0.6) is 0 Å². The largest absolute Gasteiger partial charge is 0.462 e. The van der Waals surface area contributed by atoms with Crippen LogP contribution in [0.15, 0.2) is 18.2 Å². The number of carbonyl (C=O) groups is 1. The van der Waals surface area contributed by atoms with Crippen molar-refractivity contribution in [2.24, 2.45) is 5.73 Å². The van der Waals surface area contributed by atoms with Gasteiger partial charge in [-0.3, -0.25) is 0 Å². The fourth-order valence-corrected chi connectivity index (χ4v) is 1.27. The Balaban J connectivity index is 0.00000324. The molecule has 0 bridgehead atoms. The first-order valence-electron chi connectivity index (χ1n) is 5.06. The quantitative estimate of drug-likeness (QED) is 0.687. The maximum absolute atomic E-state index is 13.5. The maximum Gasteiger partial charge on any atom is 0.379 e. The summed E-state index contributed by atoms with van der Waals surface area (Å²) in [7, 11) is 0. The molecular formula is C11H12ClF4NO2. The summed E-state index contributed by atoms with van der Waals surface area (Å²) in [5, 5.41) is 0. The maximum atomic E-state index is 13.5. The van der Waals surface area contributed by atoms with E-state index in [4.69, 9.17) is 5.73 Å². The zero-order chi connectivity index (χ0) is 13.9. The number of hydrogen-bond acceptors (Lipinski definition) is 3. The van der Waals surface area contributed by atoms with E-state index in [1.54, 1.807) is 0 Å². The molecule has 8 heteroatoms. The van der Waals surface area contributed by atoms with Gasteiger partial charge in [-0.1, -0.05) is 6.07 Å². The minimum Gasteiger partial charge on any atom is -0.462 e. The van der Waals surface area contributed by atoms with Gasteiger partial charge in [0, 0.05) is 0 Å². The third kappa shape index (κ3) is 3.81. The molecule has 1 rings (SSSR count). The highest BCUT2D eigenvalue weighted by Gasteiger charge is 2.47. The summed E-state index contributed by atoms with van der Waals surface area (Å²) in [6.07, 6.45) is 0. The molecule has 0 heterocycles. The van der Waals surface area contributed by atoms with Crippen LogP contribution in [-0.4, -0.2) is 18.5 Å². The number of alkyl halides is 2. The second-order valence-corrected chi connectivity index (χ2v) is 3.49. The van der Waals surface area contributed by atoms with Crippen LogP contribution in [0.2, 0.25) is 0 Å². The molecule has 2 N–H and O–H groups in total. The van der Waals surface area contributed by atoms with Crippen LogP contribution in [0.3, 0.4) is 0 Å². The van der Waals surface area contributed by atoms with Crippen molar-refractivity contribution in [2.45, 2.75) is 18.9 Å². The van der Waals surface area contributed by atoms with Crippen LogP contribution in [0.1, 0.15) is 18.5 Å².